The molecule has 1 N–H and O–H groups in total. The molecule has 2 nitrogen and oxygen atoms in total. The monoisotopic (exact) mass is 264 g/mol. The smallest absolute Gasteiger partial charge is 0.123 e. The Morgan fingerprint density at radius 1 is 1.21 bits per heavy atom. The van der Waals surface area contributed by atoms with Crippen LogP contribution in [0.15, 0.2) is 24.3 Å². The fourth-order valence-electron chi connectivity index (χ4n) is 2.82. The molecule has 1 aromatic rings. The lowest BCUT2D eigenvalue weighted by atomic mass is 10.0. The number of rotatable bonds is 6. The second-order valence-electron chi connectivity index (χ2n) is 5.51. The molecule has 2 unspecified atom stereocenters. The number of benzene rings is 1. The zero-order valence-corrected chi connectivity index (χ0v) is 12.0. The van der Waals surface area contributed by atoms with Crippen molar-refractivity contribution in [2.75, 3.05) is 19.6 Å². The predicted molar refractivity (Wildman–Crippen MR) is 77.7 cm³/mol. The third-order valence-electron chi connectivity index (χ3n) is 4.10. The van der Waals surface area contributed by atoms with E-state index in [1.807, 2.05) is 12.1 Å². The van der Waals surface area contributed by atoms with E-state index in [2.05, 4.69) is 24.1 Å². The van der Waals surface area contributed by atoms with Gasteiger partial charge >= 0.3 is 0 Å². The fourth-order valence-corrected chi connectivity index (χ4v) is 2.82. The second kappa shape index (κ2) is 7.01. The number of hydrogen-bond acceptors (Lipinski definition) is 2. The first kappa shape index (κ1) is 14.5. The van der Waals surface area contributed by atoms with Crippen LogP contribution in [0.1, 0.15) is 44.7 Å². The van der Waals surface area contributed by atoms with Gasteiger partial charge in [-0.2, -0.15) is 0 Å². The predicted octanol–water partition coefficient (Wildman–Crippen LogP) is 3.35. The maximum absolute atomic E-state index is 12.9. The average Bonchev–Trinajstić information content (AvgIpc) is 2.95. The lowest BCUT2D eigenvalue weighted by Gasteiger charge is -2.26. The van der Waals surface area contributed by atoms with Gasteiger partial charge in [0.1, 0.15) is 5.82 Å². The van der Waals surface area contributed by atoms with Gasteiger partial charge < -0.3 is 5.32 Å². The molecule has 0 spiro atoms. The quantitative estimate of drug-likeness (QED) is 0.847. The molecule has 0 bridgehead atoms. The Bertz CT molecular complexity index is 371. The lowest BCUT2D eigenvalue weighted by Crippen LogP contribution is -2.39. The van der Waals surface area contributed by atoms with Gasteiger partial charge in [-0.1, -0.05) is 19.1 Å². The van der Waals surface area contributed by atoms with Crippen LogP contribution in [0.2, 0.25) is 0 Å². The van der Waals surface area contributed by atoms with Crippen molar-refractivity contribution in [3.8, 4) is 0 Å². The Kier molecular flexibility index (Phi) is 5.34. The molecule has 3 heteroatoms. The highest BCUT2D eigenvalue weighted by molar-refractivity contribution is 5.19. The Morgan fingerprint density at radius 3 is 2.42 bits per heavy atom. The highest BCUT2D eigenvalue weighted by atomic mass is 19.1. The molecular formula is C16H25FN2. The molecule has 2 rings (SSSR count). The Labute approximate surface area is 116 Å². The fraction of sp³-hybridized carbons (Fsp3) is 0.625. The van der Waals surface area contributed by atoms with Crippen LogP contribution in [0, 0.1) is 5.82 Å². The normalized spacial score (nSPS) is 19.5. The molecule has 1 saturated heterocycles. The van der Waals surface area contributed by atoms with E-state index in [4.69, 9.17) is 0 Å². The molecule has 1 aromatic carbocycles. The van der Waals surface area contributed by atoms with Gasteiger partial charge in [-0.3, -0.25) is 4.90 Å². The van der Waals surface area contributed by atoms with Gasteiger partial charge in [0.2, 0.25) is 0 Å². The summed E-state index contributed by atoms with van der Waals surface area (Å²) in [7, 11) is 0. The van der Waals surface area contributed by atoms with Crippen molar-refractivity contribution in [3.63, 3.8) is 0 Å². The molecule has 1 aliphatic rings. The third kappa shape index (κ3) is 4.02. The summed E-state index contributed by atoms with van der Waals surface area (Å²) in [6.45, 7) is 7.92. The van der Waals surface area contributed by atoms with Crippen LogP contribution in [0.3, 0.4) is 0 Å². The first-order chi connectivity index (χ1) is 9.20. The molecule has 1 fully saturated rings. The van der Waals surface area contributed by atoms with Gasteiger partial charge in [-0.05, 0) is 57.0 Å². The van der Waals surface area contributed by atoms with E-state index in [1.54, 1.807) is 12.1 Å². The number of nitrogens with one attached hydrogen (secondary N) is 1. The molecule has 19 heavy (non-hydrogen) atoms. The zero-order valence-electron chi connectivity index (χ0n) is 12.0. The number of nitrogens with zero attached hydrogens (tertiary/aromatic N) is 1. The molecule has 1 heterocycles. The highest BCUT2D eigenvalue weighted by Gasteiger charge is 2.19. The molecule has 1 aliphatic heterocycles. The average molecular weight is 264 g/mol. The van der Waals surface area contributed by atoms with Crippen LogP contribution >= 0.6 is 0 Å². The van der Waals surface area contributed by atoms with E-state index in [0.717, 1.165) is 13.0 Å². The topological polar surface area (TPSA) is 15.3 Å². The summed E-state index contributed by atoms with van der Waals surface area (Å²) in [5.74, 6) is -0.163. The number of likely N-dealkylation sites (tertiary alicyclic amines) is 1. The molecule has 0 aliphatic carbocycles. The molecule has 106 valence electrons. The minimum Gasteiger partial charge on any atom is -0.308 e. The van der Waals surface area contributed by atoms with Gasteiger partial charge in [0.25, 0.3) is 0 Å². The minimum absolute atomic E-state index is 0.163. The zero-order chi connectivity index (χ0) is 13.7. The van der Waals surface area contributed by atoms with Gasteiger partial charge in [0, 0.05) is 18.6 Å². The van der Waals surface area contributed by atoms with Crippen molar-refractivity contribution in [1.82, 2.24) is 10.2 Å². The van der Waals surface area contributed by atoms with Crippen molar-refractivity contribution >= 4 is 0 Å². The molecule has 0 amide bonds. The van der Waals surface area contributed by atoms with Crippen LogP contribution in [0.5, 0.6) is 0 Å². The standard InChI is InChI=1S/C16H25FN2/c1-3-16(14-6-8-15(17)9-7-14)18-12-13(2)19-10-4-5-11-19/h6-9,13,16,18H,3-5,10-12H2,1-2H3. The maximum atomic E-state index is 12.9. The van der Waals surface area contributed by atoms with E-state index in [0.29, 0.717) is 12.1 Å². The summed E-state index contributed by atoms with van der Waals surface area (Å²) in [6.07, 6.45) is 3.69. The third-order valence-corrected chi connectivity index (χ3v) is 4.10. The number of halogens is 1. The molecule has 0 saturated carbocycles. The van der Waals surface area contributed by atoms with E-state index < -0.39 is 0 Å². The molecular weight excluding hydrogens is 239 g/mol. The van der Waals surface area contributed by atoms with Crippen LogP contribution in [0.4, 0.5) is 4.39 Å². The summed E-state index contributed by atoms with van der Waals surface area (Å²) in [5, 5.41) is 3.62. The van der Waals surface area contributed by atoms with Crippen molar-refractivity contribution in [3.05, 3.63) is 35.6 Å². The first-order valence-corrected chi connectivity index (χ1v) is 7.43. The first-order valence-electron chi connectivity index (χ1n) is 7.43. The van der Waals surface area contributed by atoms with E-state index in [-0.39, 0.29) is 5.82 Å². The van der Waals surface area contributed by atoms with E-state index >= 15 is 0 Å². The Hall–Kier alpha value is -0.930. The highest BCUT2D eigenvalue weighted by Crippen LogP contribution is 2.18. The molecule has 2 atom stereocenters. The SMILES string of the molecule is CCC(NCC(C)N1CCCC1)c1ccc(F)cc1. The van der Waals surface area contributed by atoms with Crippen molar-refractivity contribution in [2.45, 2.75) is 45.2 Å². The summed E-state index contributed by atoms with van der Waals surface area (Å²) in [4.78, 5) is 2.55. The van der Waals surface area contributed by atoms with Crippen molar-refractivity contribution < 1.29 is 4.39 Å². The van der Waals surface area contributed by atoms with E-state index in [9.17, 15) is 4.39 Å². The van der Waals surface area contributed by atoms with Crippen molar-refractivity contribution in [1.29, 1.82) is 0 Å². The van der Waals surface area contributed by atoms with Gasteiger partial charge in [0.15, 0.2) is 0 Å². The van der Waals surface area contributed by atoms with Crippen LogP contribution in [-0.2, 0) is 0 Å². The molecule has 0 radical (unpaired) electrons. The van der Waals surface area contributed by atoms with E-state index in [1.165, 1.54) is 31.5 Å². The van der Waals surface area contributed by atoms with Gasteiger partial charge in [-0.25, -0.2) is 4.39 Å². The summed E-state index contributed by atoms with van der Waals surface area (Å²) in [5.41, 5.74) is 1.18. The van der Waals surface area contributed by atoms with Crippen molar-refractivity contribution in [2.24, 2.45) is 0 Å². The van der Waals surface area contributed by atoms with Crippen LogP contribution < -0.4 is 5.32 Å². The van der Waals surface area contributed by atoms with Crippen LogP contribution in [0.25, 0.3) is 0 Å². The number of hydrogen-bond donors (Lipinski definition) is 1. The second-order valence-corrected chi connectivity index (χ2v) is 5.51. The lowest BCUT2D eigenvalue weighted by molar-refractivity contribution is 0.245. The minimum atomic E-state index is -0.163. The summed E-state index contributed by atoms with van der Waals surface area (Å²) >= 11 is 0. The summed E-state index contributed by atoms with van der Waals surface area (Å²) in [6, 6.07) is 7.77. The maximum Gasteiger partial charge on any atom is 0.123 e. The van der Waals surface area contributed by atoms with Crippen LogP contribution in [-0.4, -0.2) is 30.6 Å². The molecule has 0 aromatic heterocycles. The Balaban J connectivity index is 1.86. The summed E-state index contributed by atoms with van der Waals surface area (Å²) < 4.78 is 12.9. The van der Waals surface area contributed by atoms with Gasteiger partial charge in [-0.15, -0.1) is 0 Å². The Morgan fingerprint density at radius 2 is 1.84 bits per heavy atom. The van der Waals surface area contributed by atoms with Gasteiger partial charge in [0.05, 0.1) is 0 Å². The largest absolute Gasteiger partial charge is 0.308 e.